The maximum absolute atomic E-state index is 10.9. The van der Waals surface area contributed by atoms with Crippen LogP contribution in [0.3, 0.4) is 0 Å². The molecule has 0 bridgehead atoms. The summed E-state index contributed by atoms with van der Waals surface area (Å²) in [6, 6.07) is 6.52. The van der Waals surface area contributed by atoms with Crippen LogP contribution < -0.4 is 0 Å². The maximum Gasteiger partial charge on any atom is 0.340 e. The Kier molecular flexibility index (Phi) is 3.13. The van der Waals surface area contributed by atoms with Gasteiger partial charge in [0.15, 0.2) is 6.79 Å². The first-order valence-corrected chi connectivity index (χ1v) is 3.76. The number of aliphatic hydroxyl groups excluding tert-OH is 1. The van der Waals surface area contributed by atoms with E-state index in [1.165, 1.54) is 0 Å². The Balaban J connectivity index is 2.75. The number of carbonyl (C=O) groups is 1. The lowest BCUT2D eigenvalue weighted by atomic mass is 10.2. The van der Waals surface area contributed by atoms with Crippen LogP contribution in [0.2, 0.25) is 0 Å². The molecule has 0 unspecified atom stereocenters. The topological polar surface area (TPSA) is 46.5 Å². The van der Waals surface area contributed by atoms with E-state index in [1.54, 1.807) is 24.3 Å². The molecule has 1 N–H and O–H groups in total. The van der Waals surface area contributed by atoms with Gasteiger partial charge in [0.25, 0.3) is 0 Å². The molecule has 64 valence electrons. The van der Waals surface area contributed by atoms with E-state index >= 15 is 0 Å². The van der Waals surface area contributed by atoms with Crippen LogP contribution >= 0.6 is 12.6 Å². The van der Waals surface area contributed by atoms with Crippen molar-refractivity contribution in [1.29, 1.82) is 0 Å². The average molecular weight is 184 g/mol. The highest BCUT2D eigenvalue weighted by Crippen LogP contribution is 2.08. The molecule has 0 aliphatic rings. The monoisotopic (exact) mass is 184 g/mol. The van der Waals surface area contributed by atoms with Gasteiger partial charge >= 0.3 is 5.97 Å². The molecule has 0 heterocycles. The third kappa shape index (κ3) is 2.25. The lowest BCUT2D eigenvalue weighted by Gasteiger charge is -1.99. The van der Waals surface area contributed by atoms with E-state index < -0.39 is 12.8 Å². The largest absolute Gasteiger partial charge is 0.435 e. The SMILES string of the molecule is O=C(OCO)c1ccc(S)cc1. The summed E-state index contributed by atoms with van der Waals surface area (Å²) in [7, 11) is 0. The minimum absolute atomic E-state index is 0.404. The number of rotatable bonds is 2. The summed E-state index contributed by atoms with van der Waals surface area (Å²) in [5, 5.41) is 8.29. The summed E-state index contributed by atoms with van der Waals surface area (Å²) in [5.41, 5.74) is 0.404. The van der Waals surface area contributed by atoms with Crippen molar-refractivity contribution in [2.75, 3.05) is 6.79 Å². The predicted molar refractivity (Wildman–Crippen MR) is 46.2 cm³/mol. The molecular formula is C8H8O3S. The van der Waals surface area contributed by atoms with Crippen molar-refractivity contribution in [3.63, 3.8) is 0 Å². The molecule has 1 aromatic rings. The van der Waals surface area contributed by atoms with E-state index in [9.17, 15) is 4.79 Å². The van der Waals surface area contributed by atoms with Gasteiger partial charge in [-0.25, -0.2) is 4.79 Å². The van der Waals surface area contributed by atoms with Crippen LogP contribution in [0, 0.1) is 0 Å². The highest BCUT2D eigenvalue weighted by Gasteiger charge is 2.04. The van der Waals surface area contributed by atoms with Crippen molar-refractivity contribution < 1.29 is 14.6 Å². The van der Waals surface area contributed by atoms with Gasteiger partial charge in [-0.2, -0.15) is 0 Å². The zero-order valence-electron chi connectivity index (χ0n) is 6.23. The molecule has 0 fully saturated rings. The third-order valence-corrected chi connectivity index (χ3v) is 1.60. The number of aliphatic hydroxyl groups is 1. The summed E-state index contributed by atoms with van der Waals surface area (Å²) in [6.07, 6.45) is 0. The molecule has 1 rings (SSSR count). The smallest absolute Gasteiger partial charge is 0.340 e. The highest BCUT2D eigenvalue weighted by atomic mass is 32.1. The first-order chi connectivity index (χ1) is 5.74. The number of benzene rings is 1. The summed E-state index contributed by atoms with van der Waals surface area (Å²) in [4.78, 5) is 11.7. The third-order valence-electron chi connectivity index (χ3n) is 1.30. The van der Waals surface area contributed by atoms with Crippen molar-refractivity contribution in [1.82, 2.24) is 0 Å². The van der Waals surface area contributed by atoms with Crippen molar-refractivity contribution in [2.24, 2.45) is 0 Å². The fraction of sp³-hybridized carbons (Fsp3) is 0.125. The molecule has 1 aromatic carbocycles. The van der Waals surface area contributed by atoms with E-state index in [0.29, 0.717) is 5.56 Å². The van der Waals surface area contributed by atoms with Gasteiger partial charge in [-0.15, -0.1) is 12.6 Å². The number of hydrogen-bond acceptors (Lipinski definition) is 4. The van der Waals surface area contributed by atoms with Crippen molar-refractivity contribution in [2.45, 2.75) is 4.90 Å². The number of hydrogen-bond donors (Lipinski definition) is 2. The Bertz CT molecular complexity index is 268. The Morgan fingerprint density at radius 1 is 1.42 bits per heavy atom. The Morgan fingerprint density at radius 3 is 2.50 bits per heavy atom. The summed E-state index contributed by atoms with van der Waals surface area (Å²) in [6.45, 7) is -0.596. The lowest BCUT2D eigenvalue weighted by molar-refractivity contribution is 0.00683. The van der Waals surface area contributed by atoms with Crippen molar-refractivity contribution in [3.05, 3.63) is 29.8 Å². The van der Waals surface area contributed by atoms with Gasteiger partial charge in [-0.05, 0) is 24.3 Å². The first kappa shape index (κ1) is 9.09. The quantitative estimate of drug-likeness (QED) is 0.411. The molecule has 4 heteroatoms. The van der Waals surface area contributed by atoms with Crippen LogP contribution in [0.25, 0.3) is 0 Å². The average Bonchev–Trinajstić information content (AvgIpc) is 2.06. The van der Waals surface area contributed by atoms with Gasteiger partial charge in [-0.1, -0.05) is 0 Å². The van der Waals surface area contributed by atoms with E-state index in [0.717, 1.165) is 4.90 Å². The Hall–Kier alpha value is -1.00. The predicted octanol–water partition coefficient (Wildman–Crippen LogP) is 1.08. The van der Waals surface area contributed by atoms with Crippen LogP contribution in [-0.4, -0.2) is 17.9 Å². The Morgan fingerprint density at radius 2 is 2.00 bits per heavy atom. The summed E-state index contributed by atoms with van der Waals surface area (Å²) < 4.78 is 4.36. The van der Waals surface area contributed by atoms with Crippen LogP contribution in [0.15, 0.2) is 29.2 Å². The highest BCUT2D eigenvalue weighted by molar-refractivity contribution is 7.80. The van der Waals surface area contributed by atoms with Gasteiger partial charge in [0, 0.05) is 4.90 Å². The molecule has 0 aromatic heterocycles. The van der Waals surface area contributed by atoms with Crippen molar-refractivity contribution in [3.8, 4) is 0 Å². The molecule has 0 atom stereocenters. The van der Waals surface area contributed by atoms with Gasteiger partial charge in [0.1, 0.15) is 0 Å². The molecule has 0 aliphatic carbocycles. The number of carbonyl (C=O) groups excluding carboxylic acids is 1. The fourth-order valence-corrected chi connectivity index (χ4v) is 0.889. The Labute approximate surface area is 75.4 Å². The molecule has 12 heavy (non-hydrogen) atoms. The zero-order valence-corrected chi connectivity index (χ0v) is 7.12. The fourth-order valence-electron chi connectivity index (χ4n) is 0.739. The molecule has 0 radical (unpaired) electrons. The van der Waals surface area contributed by atoms with E-state index in [1.807, 2.05) is 0 Å². The standard InChI is InChI=1S/C8H8O3S/c9-5-11-8(10)6-1-3-7(12)4-2-6/h1-4,9,12H,5H2. The molecule has 0 amide bonds. The minimum atomic E-state index is -0.596. The second-order valence-corrected chi connectivity index (χ2v) is 2.62. The second-order valence-electron chi connectivity index (χ2n) is 2.11. The van der Waals surface area contributed by atoms with Crippen LogP contribution in [0.4, 0.5) is 0 Å². The maximum atomic E-state index is 10.9. The van der Waals surface area contributed by atoms with Crippen molar-refractivity contribution >= 4 is 18.6 Å². The summed E-state index contributed by atoms with van der Waals surface area (Å²) in [5.74, 6) is -0.536. The number of esters is 1. The molecule has 3 nitrogen and oxygen atoms in total. The summed E-state index contributed by atoms with van der Waals surface area (Å²) >= 11 is 4.05. The number of ether oxygens (including phenoxy) is 1. The van der Waals surface area contributed by atoms with E-state index in [4.69, 9.17) is 5.11 Å². The van der Waals surface area contributed by atoms with Crippen LogP contribution in [-0.2, 0) is 4.74 Å². The molecule has 0 saturated carbocycles. The van der Waals surface area contributed by atoms with E-state index in [2.05, 4.69) is 17.4 Å². The second kappa shape index (κ2) is 4.13. The zero-order chi connectivity index (χ0) is 8.97. The molecule has 0 saturated heterocycles. The van der Waals surface area contributed by atoms with Gasteiger partial charge in [-0.3, -0.25) is 0 Å². The number of thiol groups is 1. The molecule has 0 spiro atoms. The molecule has 0 aliphatic heterocycles. The van der Waals surface area contributed by atoms with E-state index in [-0.39, 0.29) is 0 Å². The molecular weight excluding hydrogens is 176 g/mol. The first-order valence-electron chi connectivity index (χ1n) is 3.31. The normalized spacial score (nSPS) is 9.50. The van der Waals surface area contributed by atoms with Crippen LogP contribution in [0.5, 0.6) is 0 Å². The lowest BCUT2D eigenvalue weighted by Crippen LogP contribution is -2.05. The van der Waals surface area contributed by atoms with Gasteiger partial charge < -0.3 is 9.84 Å². The van der Waals surface area contributed by atoms with Gasteiger partial charge in [0.2, 0.25) is 0 Å². The minimum Gasteiger partial charge on any atom is -0.435 e. The van der Waals surface area contributed by atoms with Crippen LogP contribution in [0.1, 0.15) is 10.4 Å². The van der Waals surface area contributed by atoms with Gasteiger partial charge in [0.05, 0.1) is 5.56 Å².